The molecule has 5 nitrogen and oxygen atoms in total. The number of piperazine rings is 1. The molecule has 0 bridgehead atoms. The second kappa shape index (κ2) is 10.2. The van der Waals surface area contributed by atoms with E-state index in [-0.39, 0.29) is 5.91 Å². The Labute approximate surface area is 188 Å². The number of amides is 1. The first-order valence-electron chi connectivity index (χ1n) is 11.0. The first kappa shape index (κ1) is 21.7. The number of rotatable bonds is 7. The van der Waals surface area contributed by atoms with E-state index in [1.165, 1.54) is 5.56 Å². The third kappa shape index (κ3) is 5.39. The molecule has 1 aliphatic rings. The van der Waals surface area contributed by atoms with Gasteiger partial charge in [0.2, 0.25) is 5.91 Å². The minimum Gasteiger partial charge on any atom is -0.297 e. The predicted octanol–water partition coefficient (Wildman–Crippen LogP) is 4.71. The van der Waals surface area contributed by atoms with Crippen molar-refractivity contribution in [2.45, 2.75) is 33.4 Å². The van der Waals surface area contributed by atoms with Crippen molar-refractivity contribution in [3.05, 3.63) is 76.8 Å². The topological polar surface area (TPSA) is 39.7 Å². The van der Waals surface area contributed by atoms with Gasteiger partial charge in [-0.25, -0.2) is 4.98 Å². The van der Waals surface area contributed by atoms with Gasteiger partial charge in [0, 0.05) is 51.6 Å². The number of thiazole rings is 1. The van der Waals surface area contributed by atoms with Crippen LogP contribution in [-0.2, 0) is 24.3 Å². The maximum atomic E-state index is 12.5. The number of para-hydroxylation sites is 1. The van der Waals surface area contributed by atoms with Crippen LogP contribution in [0.5, 0.6) is 0 Å². The lowest BCUT2D eigenvalue weighted by Gasteiger charge is -2.34. The molecule has 1 amide bonds. The van der Waals surface area contributed by atoms with Crippen LogP contribution in [0.2, 0.25) is 0 Å². The standard InChI is InChI=1S/C25H30N4OS/c1-3-22-11-7-8-12-24(22)29(20(2)30)25-26-23(19-31-25)18-28-15-13-27(14-16-28)17-21-9-5-4-6-10-21/h4-12,19H,3,13-18H2,1-2H3. The maximum Gasteiger partial charge on any atom is 0.230 e. The van der Waals surface area contributed by atoms with Crippen LogP contribution in [0.3, 0.4) is 0 Å². The largest absolute Gasteiger partial charge is 0.297 e. The first-order valence-corrected chi connectivity index (χ1v) is 11.8. The summed E-state index contributed by atoms with van der Waals surface area (Å²) in [6.07, 6.45) is 0.880. The number of aromatic nitrogens is 1. The third-order valence-electron chi connectivity index (χ3n) is 5.76. The number of carbonyl (C=O) groups is 1. The summed E-state index contributed by atoms with van der Waals surface area (Å²) in [6, 6.07) is 18.8. The molecule has 0 atom stereocenters. The number of anilines is 2. The van der Waals surface area contributed by atoms with Crippen LogP contribution in [0.25, 0.3) is 0 Å². The highest BCUT2D eigenvalue weighted by atomic mass is 32.1. The van der Waals surface area contributed by atoms with Crippen LogP contribution < -0.4 is 4.90 Å². The Balaban J connectivity index is 1.38. The molecule has 2 heterocycles. The van der Waals surface area contributed by atoms with E-state index in [1.807, 2.05) is 18.2 Å². The average molecular weight is 435 g/mol. The van der Waals surface area contributed by atoms with Crippen LogP contribution >= 0.6 is 11.3 Å². The number of nitrogens with zero attached hydrogens (tertiary/aromatic N) is 4. The highest BCUT2D eigenvalue weighted by Gasteiger charge is 2.22. The van der Waals surface area contributed by atoms with E-state index in [4.69, 9.17) is 4.98 Å². The number of benzene rings is 2. The van der Waals surface area contributed by atoms with Gasteiger partial charge in [-0.1, -0.05) is 55.5 Å². The second-order valence-corrected chi connectivity index (χ2v) is 8.83. The van der Waals surface area contributed by atoms with Gasteiger partial charge >= 0.3 is 0 Å². The van der Waals surface area contributed by atoms with Crippen molar-refractivity contribution in [3.63, 3.8) is 0 Å². The summed E-state index contributed by atoms with van der Waals surface area (Å²) in [5, 5.41) is 2.85. The van der Waals surface area contributed by atoms with Crippen LogP contribution in [0, 0.1) is 0 Å². The van der Waals surface area contributed by atoms with Crippen molar-refractivity contribution in [2.75, 3.05) is 31.1 Å². The van der Waals surface area contributed by atoms with Crippen LogP contribution in [0.1, 0.15) is 30.7 Å². The Hall–Kier alpha value is -2.54. The average Bonchev–Trinajstić information content (AvgIpc) is 3.24. The van der Waals surface area contributed by atoms with E-state index in [0.29, 0.717) is 0 Å². The first-order chi connectivity index (χ1) is 15.1. The van der Waals surface area contributed by atoms with Crippen LogP contribution in [0.4, 0.5) is 10.8 Å². The zero-order chi connectivity index (χ0) is 21.6. The molecule has 1 aromatic heterocycles. The lowest BCUT2D eigenvalue weighted by Crippen LogP contribution is -2.45. The lowest BCUT2D eigenvalue weighted by molar-refractivity contribution is -0.115. The molecule has 0 aliphatic carbocycles. The summed E-state index contributed by atoms with van der Waals surface area (Å²) in [7, 11) is 0. The molecule has 1 fully saturated rings. The molecule has 0 saturated carbocycles. The Morgan fingerprint density at radius 3 is 2.29 bits per heavy atom. The van der Waals surface area contributed by atoms with Gasteiger partial charge in [0.05, 0.1) is 11.4 Å². The van der Waals surface area contributed by atoms with Crippen molar-refractivity contribution in [3.8, 4) is 0 Å². The van der Waals surface area contributed by atoms with Gasteiger partial charge < -0.3 is 0 Å². The Bertz CT molecular complexity index is 996. The maximum absolute atomic E-state index is 12.5. The van der Waals surface area contributed by atoms with E-state index in [0.717, 1.165) is 67.8 Å². The number of hydrogen-bond acceptors (Lipinski definition) is 5. The fourth-order valence-corrected chi connectivity index (χ4v) is 4.95. The third-order valence-corrected chi connectivity index (χ3v) is 6.63. The Morgan fingerprint density at radius 1 is 0.968 bits per heavy atom. The second-order valence-electron chi connectivity index (χ2n) is 8.00. The van der Waals surface area contributed by atoms with Crippen molar-refractivity contribution in [2.24, 2.45) is 0 Å². The quantitative estimate of drug-likeness (QED) is 0.540. The monoisotopic (exact) mass is 434 g/mol. The molecule has 31 heavy (non-hydrogen) atoms. The van der Waals surface area contributed by atoms with Gasteiger partial charge in [-0.15, -0.1) is 11.3 Å². The Kier molecular flexibility index (Phi) is 7.12. The smallest absolute Gasteiger partial charge is 0.230 e. The van der Waals surface area contributed by atoms with Crippen LogP contribution in [-0.4, -0.2) is 46.9 Å². The molecule has 1 saturated heterocycles. The Morgan fingerprint density at radius 2 is 1.61 bits per heavy atom. The van der Waals surface area contributed by atoms with Gasteiger partial charge in [0.15, 0.2) is 5.13 Å². The summed E-state index contributed by atoms with van der Waals surface area (Å²) in [5.74, 6) is -0.00340. The summed E-state index contributed by atoms with van der Waals surface area (Å²) in [6.45, 7) is 9.77. The van der Waals surface area contributed by atoms with Crippen LogP contribution in [0.15, 0.2) is 60.0 Å². The van der Waals surface area contributed by atoms with Crippen molar-refractivity contribution < 1.29 is 4.79 Å². The molecule has 162 valence electrons. The SMILES string of the molecule is CCc1ccccc1N(C(C)=O)c1nc(CN2CCN(Cc3ccccc3)CC2)cs1. The predicted molar refractivity (Wildman–Crippen MR) is 128 cm³/mol. The zero-order valence-corrected chi connectivity index (χ0v) is 19.1. The molecule has 2 aromatic carbocycles. The molecule has 3 aromatic rings. The van der Waals surface area contributed by atoms with Crippen molar-refractivity contribution in [1.82, 2.24) is 14.8 Å². The normalized spacial score (nSPS) is 15.2. The minimum absolute atomic E-state index is 0.00340. The van der Waals surface area contributed by atoms with E-state index < -0.39 is 0 Å². The molecule has 0 radical (unpaired) electrons. The van der Waals surface area contributed by atoms with Gasteiger partial charge in [0.1, 0.15) is 0 Å². The van der Waals surface area contributed by atoms with Crippen molar-refractivity contribution in [1.29, 1.82) is 0 Å². The number of hydrogen-bond donors (Lipinski definition) is 0. The molecular weight excluding hydrogens is 404 g/mol. The van der Waals surface area contributed by atoms with Gasteiger partial charge in [-0.2, -0.15) is 0 Å². The molecule has 0 N–H and O–H groups in total. The van der Waals surface area contributed by atoms with E-state index in [2.05, 4.69) is 58.5 Å². The molecule has 1 aliphatic heterocycles. The zero-order valence-electron chi connectivity index (χ0n) is 18.3. The molecular formula is C25H30N4OS. The summed E-state index contributed by atoms with van der Waals surface area (Å²) in [4.78, 5) is 24.0. The minimum atomic E-state index is -0.00340. The molecule has 6 heteroatoms. The molecule has 0 unspecified atom stereocenters. The summed E-state index contributed by atoms with van der Waals surface area (Å²) in [5.41, 5.74) is 4.51. The van der Waals surface area contributed by atoms with E-state index in [9.17, 15) is 4.79 Å². The summed E-state index contributed by atoms with van der Waals surface area (Å²) < 4.78 is 0. The van der Waals surface area contributed by atoms with Gasteiger partial charge in [-0.05, 0) is 23.6 Å². The van der Waals surface area contributed by atoms with E-state index in [1.54, 1.807) is 23.2 Å². The molecule has 4 rings (SSSR count). The highest BCUT2D eigenvalue weighted by Crippen LogP contribution is 2.32. The summed E-state index contributed by atoms with van der Waals surface area (Å²) >= 11 is 1.55. The fraction of sp³-hybridized carbons (Fsp3) is 0.360. The lowest BCUT2D eigenvalue weighted by atomic mass is 10.1. The fourth-order valence-electron chi connectivity index (χ4n) is 4.08. The van der Waals surface area contributed by atoms with Crippen molar-refractivity contribution >= 4 is 28.1 Å². The number of carbonyl (C=O) groups excluding carboxylic acids is 1. The van der Waals surface area contributed by atoms with E-state index >= 15 is 0 Å². The molecule has 0 spiro atoms. The van der Waals surface area contributed by atoms with Gasteiger partial charge in [-0.3, -0.25) is 19.5 Å². The van der Waals surface area contributed by atoms with Gasteiger partial charge in [0.25, 0.3) is 0 Å². The highest BCUT2D eigenvalue weighted by molar-refractivity contribution is 7.14. The number of aryl methyl sites for hydroxylation is 1.